The van der Waals surface area contributed by atoms with Crippen LogP contribution in [0.2, 0.25) is 0 Å². The third-order valence-corrected chi connectivity index (χ3v) is 5.41. The van der Waals surface area contributed by atoms with Gasteiger partial charge in [-0.25, -0.2) is 0 Å². The first kappa shape index (κ1) is 17.5. The Morgan fingerprint density at radius 3 is 2.76 bits per heavy atom. The summed E-state index contributed by atoms with van der Waals surface area (Å²) in [6.45, 7) is 3.32. The number of carbonyl (C=O) groups excluding carboxylic acids is 1. The molecule has 6 heteroatoms. The highest BCUT2D eigenvalue weighted by molar-refractivity contribution is 7.12. The van der Waals surface area contributed by atoms with Crippen molar-refractivity contribution >= 4 is 23.5 Å². The summed E-state index contributed by atoms with van der Waals surface area (Å²) in [5.74, 6) is -0.357. The van der Waals surface area contributed by atoms with Crippen LogP contribution < -0.4 is 11.1 Å². The minimum Gasteiger partial charge on any atom is -0.368 e. The van der Waals surface area contributed by atoms with Gasteiger partial charge in [-0.15, -0.1) is 11.3 Å². The third kappa shape index (κ3) is 4.41. The molecular weight excluding hydrogens is 332 g/mol. The van der Waals surface area contributed by atoms with Crippen LogP contribution in [-0.4, -0.2) is 30.2 Å². The SMILES string of the molecule is Cc1ccc(C(NCC2(Cc3ccncc3)C=CC=NC2)C(N)=O)s1. The van der Waals surface area contributed by atoms with Crippen LogP contribution in [0.1, 0.15) is 21.4 Å². The Hall–Kier alpha value is -2.31. The summed E-state index contributed by atoms with van der Waals surface area (Å²) in [6.07, 6.45) is 10.4. The number of dihydropyridines is 1. The molecule has 0 saturated carbocycles. The molecule has 3 N–H and O–H groups in total. The highest BCUT2D eigenvalue weighted by Gasteiger charge is 2.31. The lowest BCUT2D eigenvalue weighted by atomic mass is 9.80. The van der Waals surface area contributed by atoms with Crippen molar-refractivity contribution in [2.45, 2.75) is 19.4 Å². The van der Waals surface area contributed by atoms with Crippen molar-refractivity contribution < 1.29 is 4.79 Å². The van der Waals surface area contributed by atoms with Gasteiger partial charge in [-0.3, -0.25) is 14.8 Å². The fraction of sp³-hybridized carbons (Fsp3) is 0.316. The molecule has 2 atom stereocenters. The molecule has 3 heterocycles. The maximum atomic E-state index is 12.0. The van der Waals surface area contributed by atoms with Gasteiger partial charge in [0.15, 0.2) is 0 Å². The smallest absolute Gasteiger partial charge is 0.239 e. The van der Waals surface area contributed by atoms with Gasteiger partial charge in [0.1, 0.15) is 6.04 Å². The van der Waals surface area contributed by atoms with Crippen molar-refractivity contribution in [2.75, 3.05) is 13.1 Å². The first-order valence-corrected chi connectivity index (χ1v) is 9.05. The van der Waals surface area contributed by atoms with E-state index in [9.17, 15) is 4.79 Å². The quantitative estimate of drug-likeness (QED) is 0.801. The Morgan fingerprint density at radius 2 is 2.16 bits per heavy atom. The average Bonchev–Trinajstić information content (AvgIpc) is 3.02. The van der Waals surface area contributed by atoms with E-state index in [1.807, 2.05) is 43.5 Å². The summed E-state index contributed by atoms with van der Waals surface area (Å²) in [7, 11) is 0. The number of primary amides is 1. The number of aliphatic imine (C=N–C) groups is 1. The summed E-state index contributed by atoms with van der Waals surface area (Å²) in [6, 6.07) is 7.53. The highest BCUT2D eigenvalue weighted by atomic mass is 32.1. The molecule has 0 aromatic carbocycles. The Balaban J connectivity index is 1.77. The molecule has 0 saturated heterocycles. The van der Waals surface area contributed by atoms with E-state index in [-0.39, 0.29) is 11.3 Å². The van der Waals surface area contributed by atoms with Gasteiger partial charge in [-0.1, -0.05) is 6.08 Å². The molecule has 2 aromatic rings. The molecule has 0 spiro atoms. The predicted molar refractivity (Wildman–Crippen MR) is 102 cm³/mol. The lowest BCUT2D eigenvalue weighted by molar-refractivity contribution is -0.120. The Kier molecular flexibility index (Phi) is 5.40. The van der Waals surface area contributed by atoms with E-state index in [0.717, 1.165) is 16.2 Å². The van der Waals surface area contributed by atoms with Gasteiger partial charge in [-0.2, -0.15) is 0 Å². The molecule has 2 unspecified atom stereocenters. The second-order valence-corrected chi connectivity index (χ2v) is 7.73. The van der Waals surface area contributed by atoms with Gasteiger partial charge in [0.05, 0.1) is 0 Å². The molecule has 0 fully saturated rings. The summed E-state index contributed by atoms with van der Waals surface area (Å²) < 4.78 is 0. The van der Waals surface area contributed by atoms with E-state index in [1.54, 1.807) is 23.7 Å². The fourth-order valence-electron chi connectivity index (χ4n) is 3.05. The molecule has 2 aromatic heterocycles. The number of hydrogen-bond donors (Lipinski definition) is 2. The maximum Gasteiger partial charge on any atom is 0.239 e. The van der Waals surface area contributed by atoms with Gasteiger partial charge < -0.3 is 11.1 Å². The number of nitrogens with zero attached hydrogens (tertiary/aromatic N) is 2. The third-order valence-electron chi connectivity index (χ3n) is 4.34. The van der Waals surface area contributed by atoms with E-state index in [0.29, 0.717) is 13.1 Å². The minimum atomic E-state index is -0.479. The normalized spacial score (nSPS) is 20.5. The largest absolute Gasteiger partial charge is 0.368 e. The van der Waals surface area contributed by atoms with Gasteiger partial charge in [0.2, 0.25) is 5.91 Å². The van der Waals surface area contributed by atoms with Crippen molar-refractivity contribution in [1.29, 1.82) is 0 Å². The molecule has 0 radical (unpaired) electrons. The predicted octanol–water partition coefficient (Wildman–Crippen LogP) is 2.44. The van der Waals surface area contributed by atoms with Crippen molar-refractivity contribution in [3.05, 3.63) is 64.1 Å². The molecular formula is C19H22N4OS. The molecule has 0 aliphatic carbocycles. The minimum absolute atomic E-state index is 0.184. The van der Waals surface area contributed by atoms with Gasteiger partial charge >= 0.3 is 0 Å². The number of rotatable bonds is 7. The van der Waals surface area contributed by atoms with Crippen LogP contribution in [0, 0.1) is 12.3 Å². The van der Waals surface area contributed by atoms with E-state index < -0.39 is 6.04 Å². The molecule has 1 amide bonds. The van der Waals surface area contributed by atoms with Crippen molar-refractivity contribution in [3.8, 4) is 0 Å². The summed E-state index contributed by atoms with van der Waals surface area (Å²) in [5.41, 5.74) is 6.65. The zero-order chi connectivity index (χ0) is 17.7. The Morgan fingerprint density at radius 1 is 1.36 bits per heavy atom. The highest BCUT2D eigenvalue weighted by Crippen LogP contribution is 2.29. The van der Waals surface area contributed by atoms with Crippen LogP contribution in [0.4, 0.5) is 0 Å². The number of carbonyl (C=O) groups is 1. The van der Waals surface area contributed by atoms with Crippen molar-refractivity contribution in [3.63, 3.8) is 0 Å². The fourth-order valence-corrected chi connectivity index (χ4v) is 4.01. The van der Waals surface area contributed by atoms with Crippen LogP contribution in [0.25, 0.3) is 0 Å². The monoisotopic (exact) mass is 354 g/mol. The van der Waals surface area contributed by atoms with Gasteiger partial charge in [-0.05, 0) is 49.2 Å². The van der Waals surface area contributed by atoms with Crippen LogP contribution in [0.3, 0.4) is 0 Å². The maximum absolute atomic E-state index is 12.0. The second-order valence-electron chi connectivity index (χ2n) is 6.41. The first-order chi connectivity index (χ1) is 12.1. The van der Waals surface area contributed by atoms with Gasteiger partial charge in [0.25, 0.3) is 0 Å². The summed E-state index contributed by atoms with van der Waals surface area (Å²) in [4.78, 5) is 22.6. The van der Waals surface area contributed by atoms with Crippen LogP contribution in [0.5, 0.6) is 0 Å². The summed E-state index contributed by atoms with van der Waals surface area (Å²) in [5, 5.41) is 3.37. The van der Waals surface area contributed by atoms with Crippen molar-refractivity contribution in [1.82, 2.24) is 10.3 Å². The van der Waals surface area contributed by atoms with Gasteiger partial charge in [0, 0.05) is 46.9 Å². The Labute approximate surface area is 151 Å². The number of pyridine rings is 1. The molecule has 1 aliphatic rings. The molecule has 130 valence electrons. The van der Waals surface area contributed by atoms with E-state index in [4.69, 9.17) is 5.73 Å². The topological polar surface area (TPSA) is 80.4 Å². The first-order valence-electron chi connectivity index (χ1n) is 8.24. The number of aromatic nitrogens is 1. The van der Waals surface area contributed by atoms with E-state index in [1.165, 1.54) is 5.56 Å². The van der Waals surface area contributed by atoms with Crippen molar-refractivity contribution in [2.24, 2.45) is 16.1 Å². The standard InChI is InChI=1S/C19H22N4OS/c1-14-3-4-16(25-14)17(18(20)24)23-13-19(7-2-8-22-12-19)11-15-5-9-21-10-6-15/h2-10,17,23H,11-13H2,1H3,(H2,20,24). The lowest BCUT2D eigenvalue weighted by Crippen LogP contribution is -2.43. The molecule has 5 nitrogen and oxygen atoms in total. The molecule has 0 bridgehead atoms. The average molecular weight is 354 g/mol. The second kappa shape index (κ2) is 7.72. The number of thiophene rings is 1. The number of nitrogens with one attached hydrogen (secondary N) is 1. The Bertz CT molecular complexity index is 784. The lowest BCUT2D eigenvalue weighted by Gasteiger charge is -2.32. The van der Waals surface area contributed by atoms with E-state index in [2.05, 4.69) is 21.4 Å². The molecule has 1 aliphatic heterocycles. The molecule has 3 rings (SSSR count). The summed E-state index contributed by atoms with van der Waals surface area (Å²) >= 11 is 1.59. The van der Waals surface area contributed by atoms with Crippen LogP contribution in [0.15, 0.2) is 53.8 Å². The number of nitrogens with two attached hydrogens (primary N) is 1. The van der Waals surface area contributed by atoms with Crippen LogP contribution in [-0.2, 0) is 11.2 Å². The number of amides is 1. The zero-order valence-corrected chi connectivity index (χ0v) is 15.0. The molecule has 25 heavy (non-hydrogen) atoms. The van der Waals surface area contributed by atoms with Crippen LogP contribution >= 0.6 is 11.3 Å². The van der Waals surface area contributed by atoms with E-state index >= 15 is 0 Å². The zero-order valence-electron chi connectivity index (χ0n) is 14.2. The number of hydrogen-bond acceptors (Lipinski definition) is 5. The number of allylic oxidation sites excluding steroid dienone is 1. The number of aryl methyl sites for hydroxylation is 1.